The first kappa shape index (κ1) is 11.2. The molecule has 1 aliphatic heterocycles. The number of carbonyl (C=O) groups excluding carboxylic acids is 2. The molecule has 1 aromatic rings. The Labute approximate surface area is 104 Å². The molecule has 1 saturated heterocycles. The Morgan fingerprint density at radius 1 is 1.22 bits per heavy atom. The molecule has 3 rings (SSSR count). The standard InChI is InChI=1S/C13H13FN2O2/c14-9-3-1-2-4-11(9)16-12(17)7-10(8-5-6-8)15-13(16)18/h1-4,8,10H,5-7H2,(H,15,18). The molecule has 4 nitrogen and oxygen atoms in total. The van der Waals surface area contributed by atoms with Gasteiger partial charge in [0.25, 0.3) is 0 Å². The Morgan fingerprint density at radius 2 is 1.94 bits per heavy atom. The van der Waals surface area contributed by atoms with Gasteiger partial charge >= 0.3 is 6.03 Å². The molecule has 1 aliphatic carbocycles. The monoisotopic (exact) mass is 248 g/mol. The molecule has 0 bridgehead atoms. The summed E-state index contributed by atoms with van der Waals surface area (Å²) in [4.78, 5) is 24.8. The molecular formula is C13H13FN2O2. The zero-order chi connectivity index (χ0) is 12.7. The summed E-state index contributed by atoms with van der Waals surface area (Å²) in [5.41, 5.74) is 0.0225. The van der Waals surface area contributed by atoms with Gasteiger partial charge in [-0.1, -0.05) is 12.1 Å². The van der Waals surface area contributed by atoms with Gasteiger partial charge in [0.05, 0.1) is 5.69 Å². The highest BCUT2D eigenvalue weighted by molar-refractivity contribution is 6.16. The van der Waals surface area contributed by atoms with Crippen molar-refractivity contribution in [1.82, 2.24) is 5.32 Å². The number of hydrogen-bond acceptors (Lipinski definition) is 2. The molecule has 1 saturated carbocycles. The maximum Gasteiger partial charge on any atom is 0.329 e. The molecular weight excluding hydrogens is 235 g/mol. The predicted octanol–water partition coefficient (Wildman–Crippen LogP) is 2.05. The van der Waals surface area contributed by atoms with Gasteiger partial charge in [-0.15, -0.1) is 0 Å². The third kappa shape index (κ3) is 1.85. The van der Waals surface area contributed by atoms with Crippen molar-refractivity contribution in [3.05, 3.63) is 30.1 Å². The lowest BCUT2D eigenvalue weighted by molar-refractivity contribution is -0.119. The van der Waals surface area contributed by atoms with Gasteiger partial charge in [0.1, 0.15) is 5.82 Å². The van der Waals surface area contributed by atoms with E-state index in [1.807, 2.05) is 0 Å². The number of amides is 3. The topological polar surface area (TPSA) is 49.4 Å². The summed E-state index contributed by atoms with van der Waals surface area (Å²) in [5, 5.41) is 2.78. The lowest BCUT2D eigenvalue weighted by Gasteiger charge is -2.31. The van der Waals surface area contributed by atoms with Gasteiger partial charge in [0, 0.05) is 12.5 Å². The fourth-order valence-corrected chi connectivity index (χ4v) is 2.33. The molecule has 2 fully saturated rings. The number of para-hydroxylation sites is 1. The minimum Gasteiger partial charge on any atom is -0.334 e. The molecule has 1 aromatic carbocycles. The van der Waals surface area contributed by atoms with Gasteiger partial charge in [-0.2, -0.15) is 0 Å². The van der Waals surface area contributed by atoms with Crippen LogP contribution < -0.4 is 10.2 Å². The molecule has 2 aliphatic rings. The van der Waals surface area contributed by atoms with Crippen molar-refractivity contribution in [2.75, 3.05) is 4.90 Å². The molecule has 0 radical (unpaired) electrons. The summed E-state index contributed by atoms with van der Waals surface area (Å²) in [7, 11) is 0. The lowest BCUT2D eigenvalue weighted by Crippen LogP contribution is -2.55. The maximum absolute atomic E-state index is 13.6. The highest BCUT2D eigenvalue weighted by Gasteiger charge is 2.41. The molecule has 1 atom stereocenters. The first-order valence-corrected chi connectivity index (χ1v) is 6.05. The van der Waals surface area contributed by atoms with Crippen molar-refractivity contribution in [2.24, 2.45) is 5.92 Å². The van der Waals surface area contributed by atoms with E-state index in [1.54, 1.807) is 6.07 Å². The first-order chi connectivity index (χ1) is 8.66. The Morgan fingerprint density at radius 3 is 2.56 bits per heavy atom. The second kappa shape index (κ2) is 4.08. The quantitative estimate of drug-likeness (QED) is 0.870. The Balaban J connectivity index is 1.87. The Bertz CT molecular complexity index is 495. The van der Waals surface area contributed by atoms with E-state index in [1.165, 1.54) is 18.2 Å². The van der Waals surface area contributed by atoms with Crippen molar-refractivity contribution >= 4 is 17.6 Å². The number of anilines is 1. The smallest absolute Gasteiger partial charge is 0.329 e. The molecule has 94 valence electrons. The van der Waals surface area contributed by atoms with Crippen molar-refractivity contribution in [2.45, 2.75) is 25.3 Å². The largest absolute Gasteiger partial charge is 0.334 e. The van der Waals surface area contributed by atoms with Crippen LogP contribution in [0.3, 0.4) is 0 Å². The maximum atomic E-state index is 13.6. The van der Waals surface area contributed by atoms with E-state index in [4.69, 9.17) is 0 Å². The van der Waals surface area contributed by atoms with E-state index in [0.29, 0.717) is 5.92 Å². The average Bonchev–Trinajstić information content (AvgIpc) is 3.14. The highest BCUT2D eigenvalue weighted by atomic mass is 19.1. The van der Waals surface area contributed by atoms with Crippen LogP contribution in [0.15, 0.2) is 24.3 Å². The number of imide groups is 1. The zero-order valence-corrected chi connectivity index (χ0v) is 9.73. The van der Waals surface area contributed by atoms with Crippen LogP contribution in [0.2, 0.25) is 0 Å². The van der Waals surface area contributed by atoms with Gasteiger partial charge in [-0.3, -0.25) is 4.79 Å². The highest BCUT2D eigenvalue weighted by Crippen LogP contribution is 2.36. The summed E-state index contributed by atoms with van der Waals surface area (Å²) < 4.78 is 13.6. The number of carbonyl (C=O) groups is 2. The van der Waals surface area contributed by atoms with E-state index >= 15 is 0 Å². The molecule has 3 amide bonds. The molecule has 0 spiro atoms. The number of rotatable bonds is 2. The van der Waals surface area contributed by atoms with Gasteiger partial charge < -0.3 is 5.32 Å². The lowest BCUT2D eigenvalue weighted by atomic mass is 10.1. The Kier molecular flexibility index (Phi) is 2.54. The number of benzene rings is 1. The van der Waals surface area contributed by atoms with E-state index < -0.39 is 11.8 Å². The van der Waals surface area contributed by atoms with Crippen molar-refractivity contribution in [3.63, 3.8) is 0 Å². The normalized spacial score (nSPS) is 24.1. The van der Waals surface area contributed by atoms with Crippen LogP contribution in [-0.2, 0) is 4.79 Å². The van der Waals surface area contributed by atoms with Crippen molar-refractivity contribution in [1.29, 1.82) is 0 Å². The van der Waals surface area contributed by atoms with E-state index in [0.717, 1.165) is 17.7 Å². The summed E-state index contributed by atoms with van der Waals surface area (Å²) >= 11 is 0. The van der Waals surface area contributed by atoms with Gasteiger partial charge in [-0.25, -0.2) is 14.1 Å². The molecule has 1 heterocycles. The molecule has 5 heteroatoms. The van der Waals surface area contributed by atoms with Crippen LogP contribution >= 0.6 is 0 Å². The average molecular weight is 248 g/mol. The van der Waals surface area contributed by atoms with E-state index in [-0.39, 0.29) is 24.1 Å². The van der Waals surface area contributed by atoms with Crippen molar-refractivity contribution in [3.8, 4) is 0 Å². The third-order valence-electron chi connectivity index (χ3n) is 3.44. The molecule has 1 N–H and O–H groups in total. The van der Waals surface area contributed by atoms with Gasteiger partial charge in [0.15, 0.2) is 0 Å². The van der Waals surface area contributed by atoms with Gasteiger partial charge in [0.2, 0.25) is 5.91 Å². The van der Waals surface area contributed by atoms with Crippen LogP contribution in [0.25, 0.3) is 0 Å². The zero-order valence-electron chi connectivity index (χ0n) is 9.73. The summed E-state index contributed by atoms with van der Waals surface area (Å²) in [6, 6.07) is 5.21. The van der Waals surface area contributed by atoms with Crippen LogP contribution in [0.5, 0.6) is 0 Å². The summed E-state index contributed by atoms with van der Waals surface area (Å²) in [5.74, 6) is -0.479. The SMILES string of the molecule is O=C1CC(C2CC2)NC(=O)N1c1ccccc1F. The van der Waals surface area contributed by atoms with Crippen LogP contribution in [-0.4, -0.2) is 18.0 Å². The Hall–Kier alpha value is -1.91. The minimum absolute atomic E-state index is 0.0225. The number of nitrogens with zero attached hydrogens (tertiary/aromatic N) is 1. The number of nitrogens with one attached hydrogen (secondary N) is 1. The van der Waals surface area contributed by atoms with Crippen LogP contribution in [0, 0.1) is 11.7 Å². The second-order valence-electron chi connectivity index (χ2n) is 4.78. The molecule has 1 unspecified atom stereocenters. The van der Waals surface area contributed by atoms with Gasteiger partial charge in [-0.05, 0) is 30.9 Å². The third-order valence-corrected chi connectivity index (χ3v) is 3.44. The fourth-order valence-electron chi connectivity index (χ4n) is 2.33. The number of urea groups is 1. The number of hydrogen-bond donors (Lipinski definition) is 1. The van der Waals surface area contributed by atoms with Crippen LogP contribution in [0.1, 0.15) is 19.3 Å². The van der Waals surface area contributed by atoms with Crippen LogP contribution in [0.4, 0.5) is 14.9 Å². The summed E-state index contributed by atoms with van der Waals surface area (Å²) in [6.45, 7) is 0. The molecule has 0 aromatic heterocycles. The fraction of sp³-hybridized carbons (Fsp3) is 0.385. The number of halogens is 1. The minimum atomic E-state index is -0.564. The predicted molar refractivity (Wildman–Crippen MR) is 63.5 cm³/mol. The van der Waals surface area contributed by atoms with Crippen molar-refractivity contribution < 1.29 is 14.0 Å². The first-order valence-electron chi connectivity index (χ1n) is 6.05. The summed E-state index contributed by atoms with van der Waals surface area (Å²) in [6.07, 6.45) is 2.36. The second-order valence-corrected chi connectivity index (χ2v) is 4.78. The van der Waals surface area contributed by atoms with E-state index in [9.17, 15) is 14.0 Å². The van der Waals surface area contributed by atoms with E-state index in [2.05, 4.69) is 5.32 Å². The molecule has 18 heavy (non-hydrogen) atoms.